The van der Waals surface area contributed by atoms with Gasteiger partial charge in [0.05, 0.1) is 33.4 Å². The van der Waals surface area contributed by atoms with Crippen molar-refractivity contribution in [2.24, 2.45) is 0 Å². The molecular formula is C60H42N2Si. The van der Waals surface area contributed by atoms with Crippen molar-refractivity contribution in [3.8, 4) is 33.6 Å². The summed E-state index contributed by atoms with van der Waals surface area (Å²) in [5.41, 5.74) is 11.8. The van der Waals surface area contributed by atoms with E-state index in [1.807, 2.05) is 0 Å². The van der Waals surface area contributed by atoms with Gasteiger partial charge in [0.15, 0.2) is 8.07 Å². The first kappa shape index (κ1) is 36.8. The summed E-state index contributed by atoms with van der Waals surface area (Å²) in [7, 11) is -2.97. The van der Waals surface area contributed by atoms with Crippen molar-refractivity contribution in [3.05, 3.63) is 255 Å². The number of fused-ring (bicyclic) bond motifs is 6. The molecule has 0 radical (unpaired) electrons. The second kappa shape index (κ2) is 15.2. The first-order chi connectivity index (χ1) is 31.3. The Balaban J connectivity index is 1.26. The van der Waals surface area contributed by atoms with Gasteiger partial charge in [0.25, 0.3) is 0 Å². The monoisotopic (exact) mass is 818 g/mol. The fourth-order valence-corrected chi connectivity index (χ4v) is 15.4. The quantitative estimate of drug-likeness (QED) is 0.107. The third-order valence-corrected chi connectivity index (χ3v) is 17.9. The Labute approximate surface area is 368 Å². The molecule has 0 N–H and O–H groups in total. The van der Waals surface area contributed by atoms with Gasteiger partial charge in [-0.05, 0) is 73.8 Å². The first-order valence-electron chi connectivity index (χ1n) is 21.8. The fraction of sp³-hybridized carbons (Fsp3) is 0. The third kappa shape index (κ3) is 5.78. The van der Waals surface area contributed by atoms with Crippen molar-refractivity contribution < 1.29 is 0 Å². The number of hydrogen-bond acceptors (Lipinski definition) is 0. The van der Waals surface area contributed by atoms with Crippen LogP contribution in [0.25, 0.3) is 77.2 Å². The first-order valence-corrected chi connectivity index (χ1v) is 23.8. The minimum absolute atomic E-state index is 1.14. The molecule has 2 heterocycles. The van der Waals surface area contributed by atoms with Gasteiger partial charge in [0.2, 0.25) is 0 Å². The molecule has 0 amide bonds. The lowest BCUT2D eigenvalue weighted by Crippen LogP contribution is -2.74. The number of rotatable bonds is 8. The summed E-state index contributed by atoms with van der Waals surface area (Å²) in [6, 6.07) is 94.4. The SMILES string of the molecule is c1ccc(-c2ccc3c(c2)c2c([Si](c4ccccc4)(c4ccccc4)c4ccccc4)cccc2n3-c2cccc3c4ccccc4n(-c4ccccc4-c4ccccc4)c23)cc1. The Hall–Kier alpha value is -7.98. The van der Waals surface area contributed by atoms with Crippen LogP contribution in [-0.4, -0.2) is 17.2 Å². The average Bonchev–Trinajstić information content (AvgIpc) is 3.89. The molecule has 10 aromatic carbocycles. The van der Waals surface area contributed by atoms with Crippen LogP contribution in [0.4, 0.5) is 0 Å². The summed E-state index contributed by atoms with van der Waals surface area (Å²) < 4.78 is 5.07. The van der Waals surface area contributed by atoms with Crippen LogP contribution in [0.2, 0.25) is 0 Å². The molecule has 0 saturated heterocycles. The molecule has 0 fully saturated rings. The van der Waals surface area contributed by atoms with E-state index in [-0.39, 0.29) is 0 Å². The summed E-state index contributed by atoms with van der Waals surface area (Å²) >= 11 is 0. The highest BCUT2D eigenvalue weighted by Crippen LogP contribution is 2.42. The number of nitrogens with zero attached hydrogens (tertiary/aromatic N) is 2. The number of para-hydroxylation sites is 3. The van der Waals surface area contributed by atoms with E-state index in [4.69, 9.17) is 0 Å². The minimum Gasteiger partial charge on any atom is -0.307 e. The molecule has 0 atom stereocenters. The second-order valence-electron chi connectivity index (χ2n) is 16.4. The fourth-order valence-electron chi connectivity index (χ4n) is 10.4. The average molecular weight is 819 g/mol. The maximum atomic E-state index is 2.56. The normalized spacial score (nSPS) is 11.8. The second-order valence-corrected chi connectivity index (χ2v) is 20.2. The van der Waals surface area contributed by atoms with Gasteiger partial charge in [0, 0.05) is 27.1 Å². The van der Waals surface area contributed by atoms with E-state index in [1.54, 1.807) is 0 Å². The summed E-state index contributed by atoms with van der Waals surface area (Å²) in [5.74, 6) is 0. The largest absolute Gasteiger partial charge is 0.307 e. The lowest BCUT2D eigenvalue weighted by Gasteiger charge is -2.35. The minimum atomic E-state index is -2.97. The number of aromatic nitrogens is 2. The van der Waals surface area contributed by atoms with Crippen LogP contribution in [0.1, 0.15) is 0 Å². The van der Waals surface area contributed by atoms with Gasteiger partial charge in [-0.15, -0.1) is 0 Å². The predicted molar refractivity (Wildman–Crippen MR) is 270 cm³/mol. The Morgan fingerprint density at radius 3 is 1.44 bits per heavy atom. The third-order valence-electron chi connectivity index (χ3n) is 13.1. The molecule has 0 aliphatic heterocycles. The Kier molecular flexibility index (Phi) is 8.87. The Bertz CT molecular complexity index is 3500. The van der Waals surface area contributed by atoms with Gasteiger partial charge in [-0.2, -0.15) is 0 Å². The zero-order chi connectivity index (χ0) is 41.7. The van der Waals surface area contributed by atoms with Gasteiger partial charge in [0.1, 0.15) is 0 Å². The summed E-state index contributed by atoms with van der Waals surface area (Å²) in [6.07, 6.45) is 0. The summed E-state index contributed by atoms with van der Waals surface area (Å²) in [6.45, 7) is 0. The highest BCUT2D eigenvalue weighted by molar-refractivity contribution is 7.20. The zero-order valence-corrected chi connectivity index (χ0v) is 35.6. The Morgan fingerprint density at radius 1 is 0.286 bits per heavy atom. The van der Waals surface area contributed by atoms with Gasteiger partial charge in [-0.1, -0.05) is 218 Å². The zero-order valence-electron chi connectivity index (χ0n) is 34.6. The molecule has 2 nitrogen and oxygen atoms in total. The van der Waals surface area contributed by atoms with Crippen LogP contribution < -0.4 is 20.7 Å². The highest BCUT2D eigenvalue weighted by Gasteiger charge is 2.43. The molecule has 2 aromatic heterocycles. The topological polar surface area (TPSA) is 9.86 Å². The lowest BCUT2D eigenvalue weighted by molar-refractivity contribution is 1.13. The van der Waals surface area contributed by atoms with Crippen molar-refractivity contribution in [1.29, 1.82) is 0 Å². The molecule has 0 spiro atoms. The maximum Gasteiger partial charge on any atom is 0.180 e. The van der Waals surface area contributed by atoms with Crippen molar-refractivity contribution in [2.75, 3.05) is 0 Å². The molecule has 0 bridgehead atoms. The molecule has 0 saturated carbocycles. The van der Waals surface area contributed by atoms with E-state index in [0.717, 1.165) is 11.4 Å². The van der Waals surface area contributed by atoms with Crippen LogP contribution >= 0.6 is 0 Å². The smallest absolute Gasteiger partial charge is 0.180 e. The summed E-state index contributed by atoms with van der Waals surface area (Å²) in [4.78, 5) is 0. The van der Waals surface area contributed by atoms with E-state index >= 15 is 0 Å². The van der Waals surface area contributed by atoms with Crippen LogP contribution in [0, 0.1) is 0 Å². The highest BCUT2D eigenvalue weighted by atomic mass is 28.3. The number of benzene rings is 10. The van der Waals surface area contributed by atoms with Crippen LogP contribution in [0.15, 0.2) is 255 Å². The van der Waals surface area contributed by atoms with Crippen LogP contribution in [0.3, 0.4) is 0 Å². The van der Waals surface area contributed by atoms with Gasteiger partial charge < -0.3 is 9.13 Å². The van der Waals surface area contributed by atoms with E-state index < -0.39 is 8.07 Å². The number of hydrogen-bond donors (Lipinski definition) is 0. The van der Waals surface area contributed by atoms with Gasteiger partial charge in [-0.25, -0.2) is 0 Å². The summed E-state index contributed by atoms with van der Waals surface area (Å²) in [5, 5.41) is 10.4. The van der Waals surface area contributed by atoms with E-state index in [9.17, 15) is 0 Å². The van der Waals surface area contributed by atoms with Gasteiger partial charge >= 0.3 is 0 Å². The van der Waals surface area contributed by atoms with Crippen LogP contribution in [0.5, 0.6) is 0 Å². The van der Waals surface area contributed by atoms with Crippen molar-refractivity contribution in [3.63, 3.8) is 0 Å². The van der Waals surface area contributed by atoms with Crippen molar-refractivity contribution in [1.82, 2.24) is 9.13 Å². The van der Waals surface area contributed by atoms with E-state index in [0.29, 0.717) is 0 Å². The molecule has 296 valence electrons. The van der Waals surface area contributed by atoms with E-state index in [1.165, 1.54) is 86.6 Å². The molecule has 12 rings (SSSR count). The Morgan fingerprint density at radius 2 is 0.778 bits per heavy atom. The molecule has 63 heavy (non-hydrogen) atoms. The molecule has 12 aromatic rings. The molecule has 0 aliphatic carbocycles. The van der Waals surface area contributed by atoms with Gasteiger partial charge in [-0.3, -0.25) is 0 Å². The van der Waals surface area contributed by atoms with Crippen LogP contribution in [-0.2, 0) is 0 Å². The lowest BCUT2D eigenvalue weighted by atomic mass is 10.0. The molecular weight excluding hydrogens is 777 g/mol. The predicted octanol–water partition coefficient (Wildman–Crippen LogP) is 12.6. The molecule has 0 aliphatic rings. The molecule has 3 heteroatoms. The maximum absolute atomic E-state index is 2.97. The van der Waals surface area contributed by atoms with E-state index in [2.05, 4.69) is 264 Å². The van der Waals surface area contributed by atoms with Crippen molar-refractivity contribution in [2.45, 2.75) is 0 Å². The molecule has 0 unspecified atom stereocenters. The standard InChI is InChI=1S/C60H42N2Si/c1-6-22-43(23-7-1)45-40-41-55-52(42-45)59-56(37-21-39-58(59)63(46-26-10-3-11-27-46,47-28-12-4-13-29-47)48-30-14-5-15-31-48)61(55)57-38-20-34-51-50-33-17-19-36-54(50)62(60(51)57)53-35-18-16-32-49(53)44-24-8-2-9-25-44/h1-42H. The van der Waals surface area contributed by atoms with Crippen molar-refractivity contribution >= 4 is 72.4 Å².